The Morgan fingerprint density at radius 3 is 2.92 bits per heavy atom. The fourth-order valence-electron chi connectivity index (χ4n) is 2.54. The molecule has 0 fully saturated rings. The van der Waals surface area contributed by atoms with Crippen LogP contribution in [-0.2, 0) is 6.54 Å². The summed E-state index contributed by atoms with van der Waals surface area (Å²) in [6.07, 6.45) is 3.58. The second kappa shape index (κ2) is 7.33. The first-order valence-electron chi connectivity index (χ1n) is 8.04. The maximum atomic E-state index is 12.6. The summed E-state index contributed by atoms with van der Waals surface area (Å²) >= 11 is 11.6. The van der Waals surface area contributed by atoms with Gasteiger partial charge in [-0.05, 0) is 37.7 Å². The monoisotopic (exact) mass is 375 g/mol. The molecule has 130 valence electrons. The molecule has 3 rings (SSSR count). The predicted molar refractivity (Wildman–Crippen MR) is 103 cm³/mol. The van der Waals surface area contributed by atoms with Crippen molar-refractivity contribution in [3.8, 4) is 0 Å². The molecule has 0 aliphatic rings. The van der Waals surface area contributed by atoms with Crippen molar-refractivity contribution in [3.05, 3.63) is 55.8 Å². The molecule has 25 heavy (non-hydrogen) atoms. The number of para-hydroxylation sites is 1. The maximum absolute atomic E-state index is 12.6. The minimum Gasteiger partial charge on any atom is -0.330 e. The predicted octanol–water partition coefficient (Wildman–Crippen LogP) is 3.90. The molecule has 1 aromatic carbocycles. The summed E-state index contributed by atoms with van der Waals surface area (Å²) in [4.78, 5) is 15.6. The van der Waals surface area contributed by atoms with E-state index < -0.39 is 0 Å². The first kappa shape index (κ1) is 17.6. The van der Waals surface area contributed by atoms with Crippen molar-refractivity contribution in [2.24, 2.45) is 5.10 Å². The van der Waals surface area contributed by atoms with Crippen LogP contribution in [0.1, 0.15) is 31.0 Å². The zero-order chi connectivity index (χ0) is 18.0. The van der Waals surface area contributed by atoms with Gasteiger partial charge in [0.25, 0.3) is 5.56 Å². The zero-order valence-corrected chi connectivity index (χ0v) is 15.6. The van der Waals surface area contributed by atoms with E-state index in [9.17, 15) is 4.79 Å². The molecule has 0 saturated heterocycles. The number of halogens is 1. The lowest BCUT2D eigenvalue weighted by molar-refractivity contribution is 0.569. The first-order valence-corrected chi connectivity index (χ1v) is 8.83. The highest BCUT2D eigenvalue weighted by Crippen LogP contribution is 2.18. The number of hydrogen-bond acceptors (Lipinski definition) is 4. The molecule has 0 aliphatic heterocycles. The van der Waals surface area contributed by atoms with Gasteiger partial charge in [0.05, 0.1) is 28.4 Å². The van der Waals surface area contributed by atoms with Gasteiger partial charge in [-0.25, -0.2) is 0 Å². The molecule has 0 unspecified atom stereocenters. The van der Waals surface area contributed by atoms with Gasteiger partial charge in [0.2, 0.25) is 4.77 Å². The van der Waals surface area contributed by atoms with E-state index in [1.807, 2.05) is 13.0 Å². The smallest absolute Gasteiger partial charge is 0.282 e. The third-order valence-corrected chi connectivity index (χ3v) is 4.59. The summed E-state index contributed by atoms with van der Waals surface area (Å²) in [5.41, 5.74) is 1.86. The van der Waals surface area contributed by atoms with Gasteiger partial charge in [0.15, 0.2) is 0 Å². The first-order chi connectivity index (χ1) is 12.0. The Labute approximate surface area is 154 Å². The summed E-state index contributed by atoms with van der Waals surface area (Å²) in [6.45, 7) is 4.72. The number of H-pyrrole nitrogens is 1. The molecule has 6 nitrogen and oxygen atoms in total. The third kappa shape index (κ3) is 3.43. The van der Waals surface area contributed by atoms with Gasteiger partial charge < -0.3 is 4.98 Å². The Balaban J connectivity index is 2.04. The normalized spacial score (nSPS) is 11.6. The van der Waals surface area contributed by atoms with Gasteiger partial charge in [0.1, 0.15) is 5.15 Å². The van der Waals surface area contributed by atoms with Crippen LogP contribution in [0.25, 0.3) is 10.9 Å². The van der Waals surface area contributed by atoms with E-state index in [-0.39, 0.29) is 10.3 Å². The average Bonchev–Trinajstić information content (AvgIpc) is 2.87. The van der Waals surface area contributed by atoms with Gasteiger partial charge in [-0.1, -0.05) is 37.1 Å². The highest BCUT2D eigenvalue weighted by molar-refractivity contribution is 7.71. The number of unbranched alkanes of at least 4 members (excludes halogenated alkanes) is 1. The number of rotatable bonds is 5. The van der Waals surface area contributed by atoms with Crippen molar-refractivity contribution in [2.45, 2.75) is 33.2 Å². The van der Waals surface area contributed by atoms with E-state index in [4.69, 9.17) is 23.8 Å². The third-order valence-electron chi connectivity index (χ3n) is 3.92. The van der Waals surface area contributed by atoms with Crippen LogP contribution in [0.5, 0.6) is 0 Å². The molecule has 2 aromatic heterocycles. The average molecular weight is 376 g/mol. The lowest BCUT2D eigenvalue weighted by Gasteiger charge is -2.02. The molecule has 2 heterocycles. The zero-order valence-electron chi connectivity index (χ0n) is 14.0. The summed E-state index contributed by atoms with van der Waals surface area (Å²) in [5, 5.41) is 9.71. The molecule has 0 amide bonds. The molecule has 0 bridgehead atoms. The molecule has 0 saturated carbocycles. The van der Waals surface area contributed by atoms with Crippen LogP contribution in [0.15, 0.2) is 34.2 Å². The Kier molecular flexibility index (Phi) is 5.15. The number of aromatic nitrogens is 4. The number of aryl methyl sites for hydroxylation is 2. The Hall–Kier alpha value is -2.25. The summed E-state index contributed by atoms with van der Waals surface area (Å²) in [5.74, 6) is 0. The number of nitrogens with one attached hydrogen (secondary N) is 1. The Morgan fingerprint density at radius 1 is 1.40 bits per heavy atom. The van der Waals surface area contributed by atoms with Gasteiger partial charge in [-0.15, -0.1) is 0 Å². The largest absolute Gasteiger partial charge is 0.330 e. The molecule has 1 N–H and O–H groups in total. The fraction of sp³-hybridized carbons (Fsp3) is 0.294. The Bertz CT molecular complexity index is 1060. The van der Waals surface area contributed by atoms with E-state index >= 15 is 0 Å². The van der Waals surface area contributed by atoms with Gasteiger partial charge in [-0.3, -0.25) is 9.48 Å². The highest BCUT2D eigenvalue weighted by atomic mass is 35.5. The lowest BCUT2D eigenvalue weighted by Crippen LogP contribution is -2.18. The van der Waals surface area contributed by atoms with Crippen molar-refractivity contribution in [2.75, 3.05) is 0 Å². The van der Waals surface area contributed by atoms with E-state index in [0.717, 1.165) is 29.8 Å². The number of nitrogens with zero attached hydrogens (tertiary/aromatic N) is 4. The number of aromatic amines is 1. The molecular weight excluding hydrogens is 358 g/mol. The van der Waals surface area contributed by atoms with E-state index in [1.165, 1.54) is 6.21 Å². The fourth-order valence-corrected chi connectivity index (χ4v) is 3.09. The van der Waals surface area contributed by atoms with Crippen molar-refractivity contribution in [1.29, 1.82) is 0 Å². The summed E-state index contributed by atoms with van der Waals surface area (Å²) < 4.78 is 3.15. The van der Waals surface area contributed by atoms with Crippen molar-refractivity contribution >= 4 is 40.9 Å². The molecule has 0 aliphatic carbocycles. The molecule has 0 atom stereocenters. The maximum Gasteiger partial charge on any atom is 0.282 e. The quantitative estimate of drug-likeness (QED) is 0.543. The topological polar surface area (TPSA) is 68.0 Å². The van der Waals surface area contributed by atoms with Crippen LogP contribution in [0.3, 0.4) is 0 Å². The van der Waals surface area contributed by atoms with Crippen LogP contribution in [0, 0.1) is 11.7 Å². The van der Waals surface area contributed by atoms with E-state index in [2.05, 4.69) is 22.1 Å². The minimum atomic E-state index is -0.275. The van der Waals surface area contributed by atoms with Crippen LogP contribution >= 0.6 is 23.8 Å². The van der Waals surface area contributed by atoms with Crippen LogP contribution < -0.4 is 5.56 Å². The van der Waals surface area contributed by atoms with Crippen molar-refractivity contribution in [3.63, 3.8) is 0 Å². The van der Waals surface area contributed by atoms with Crippen molar-refractivity contribution in [1.82, 2.24) is 19.4 Å². The van der Waals surface area contributed by atoms with Gasteiger partial charge in [-0.2, -0.15) is 14.9 Å². The Morgan fingerprint density at radius 2 is 2.16 bits per heavy atom. The van der Waals surface area contributed by atoms with Crippen molar-refractivity contribution < 1.29 is 0 Å². The molecular formula is C17H18ClN5OS. The van der Waals surface area contributed by atoms with Crippen LogP contribution in [-0.4, -0.2) is 25.7 Å². The second-order valence-corrected chi connectivity index (χ2v) is 6.45. The minimum absolute atomic E-state index is 0.229. The number of fused-ring (bicyclic) bond motifs is 1. The number of hydrogen-bond donors (Lipinski definition) is 1. The van der Waals surface area contributed by atoms with Crippen LogP contribution in [0.4, 0.5) is 0 Å². The summed E-state index contributed by atoms with van der Waals surface area (Å²) in [6, 6.07) is 7.18. The van der Waals surface area contributed by atoms with Gasteiger partial charge >= 0.3 is 0 Å². The molecule has 0 spiro atoms. The standard InChI is InChI=1S/C17H18ClN5OS/c1-3-4-9-22-15(18)13(11(2)21-22)10-19-23-16(24)12-7-5-6-8-14(12)20-17(23)25/h5-8,10H,3-4,9H2,1-2H3,(H,20,25)/b19-10-. The summed E-state index contributed by atoms with van der Waals surface area (Å²) in [7, 11) is 0. The van der Waals surface area contributed by atoms with E-state index in [0.29, 0.717) is 21.6 Å². The highest BCUT2D eigenvalue weighted by Gasteiger charge is 2.12. The molecule has 0 radical (unpaired) electrons. The molecule has 8 heteroatoms. The second-order valence-electron chi connectivity index (χ2n) is 5.70. The lowest BCUT2D eigenvalue weighted by atomic mass is 10.2. The van der Waals surface area contributed by atoms with Crippen LogP contribution in [0.2, 0.25) is 5.15 Å². The van der Waals surface area contributed by atoms with Gasteiger partial charge in [0, 0.05) is 6.54 Å². The SMILES string of the molecule is CCCCn1nc(C)c(/C=N\n2c(=S)[nH]c3ccccc3c2=O)c1Cl. The number of benzene rings is 1. The molecule has 3 aromatic rings. The van der Waals surface area contributed by atoms with E-state index in [1.54, 1.807) is 22.9 Å².